The molecule has 0 spiro atoms. The molecule has 0 bridgehead atoms. The molecule has 17 heavy (non-hydrogen) atoms. The van der Waals surface area contributed by atoms with E-state index in [-0.39, 0.29) is 0 Å². The third-order valence-electron chi connectivity index (χ3n) is 0.602. The van der Waals surface area contributed by atoms with Gasteiger partial charge >= 0.3 is 30.3 Å². The third kappa shape index (κ3) is 10.3. The highest BCUT2D eigenvalue weighted by molar-refractivity contribution is 5.57. The van der Waals surface area contributed by atoms with Crippen LogP contribution >= 0.6 is 0 Å². The van der Waals surface area contributed by atoms with Gasteiger partial charge < -0.3 is 4.74 Å². The fourth-order valence-electron chi connectivity index (χ4n) is 0.168. The Labute approximate surface area is 86.5 Å². The monoisotopic (exact) mass is 276 g/mol. The van der Waals surface area contributed by atoms with Crippen molar-refractivity contribution in [1.29, 1.82) is 0 Å². The zero-order chi connectivity index (χ0) is 14.0. The van der Waals surface area contributed by atoms with Crippen LogP contribution in [0.5, 0.6) is 0 Å². The van der Waals surface area contributed by atoms with E-state index in [2.05, 4.69) is 14.6 Å². The van der Waals surface area contributed by atoms with Crippen LogP contribution in [0.2, 0.25) is 0 Å². The van der Waals surface area contributed by atoms with Gasteiger partial charge in [0, 0.05) is 9.05 Å². The van der Waals surface area contributed by atoms with Crippen molar-refractivity contribution in [2.75, 3.05) is 0 Å². The van der Waals surface area contributed by atoms with Gasteiger partial charge in [-0.2, -0.15) is 31.1 Å². The molecule has 0 atom stereocenters. The second-order valence-electron chi connectivity index (χ2n) is 1.57. The van der Waals surface area contributed by atoms with Crippen molar-refractivity contribution < 1.29 is 54.8 Å². The van der Waals surface area contributed by atoms with E-state index in [0.717, 1.165) is 0 Å². The van der Waals surface area contributed by atoms with Crippen molar-refractivity contribution in [2.24, 2.45) is 0 Å². The maximum absolute atomic E-state index is 11.4. The zero-order valence-corrected chi connectivity index (χ0v) is 7.16. The van der Waals surface area contributed by atoms with E-state index in [1.54, 1.807) is 0 Å². The molecule has 0 N–H and O–H groups in total. The zero-order valence-electron chi connectivity index (χ0n) is 7.16. The second-order valence-corrected chi connectivity index (χ2v) is 1.57. The van der Waals surface area contributed by atoms with E-state index in [4.69, 9.17) is 4.79 Å². The van der Waals surface area contributed by atoms with Crippen LogP contribution in [0.3, 0.4) is 0 Å². The lowest BCUT2D eigenvalue weighted by Crippen LogP contribution is -1.91. The van der Waals surface area contributed by atoms with E-state index in [1.807, 2.05) is 0 Å². The van der Waals surface area contributed by atoms with Crippen molar-refractivity contribution in [3.63, 3.8) is 0 Å². The summed E-state index contributed by atoms with van der Waals surface area (Å²) in [5, 5.41) is 0. The number of carbonyl (C=O) groups is 1. The van der Waals surface area contributed by atoms with Gasteiger partial charge in [0.15, 0.2) is 0 Å². The van der Waals surface area contributed by atoms with Gasteiger partial charge in [-0.05, 0) is 0 Å². The highest BCUT2D eigenvalue weighted by atomic mass is 19.3. The predicted molar refractivity (Wildman–Crippen MR) is 31.6 cm³/mol. The molecule has 0 aliphatic carbocycles. The summed E-state index contributed by atoms with van der Waals surface area (Å²) in [6, 6.07) is -5.37. The highest BCUT2D eigenvalue weighted by Gasteiger charge is 2.13. The van der Waals surface area contributed by atoms with Crippen LogP contribution in [-0.4, -0.2) is 6.16 Å². The molecule has 0 aromatic heterocycles. The Morgan fingerprint density at radius 2 is 1.00 bits per heavy atom. The first-order chi connectivity index (χ1) is 7.76. The Balaban J connectivity index is 0. The van der Waals surface area contributed by atoms with Gasteiger partial charge in [-0.15, -0.1) is 0 Å². The van der Waals surface area contributed by atoms with Gasteiger partial charge in [-0.3, -0.25) is 0 Å². The maximum atomic E-state index is 11.4. The molecule has 12 heteroatoms. The standard InChI is InChI=1S/C4F6O.CF2O3/c5-1(6)3(9)11-4(10)2(7)8;2-5-1(4)6-3. The highest BCUT2D eigenvalue weighted by Crippen LogP contribution is 2.19. The minimum Gasteiger partial charge on any atom is -0.396 e. The minimum atomic E-state index is -3.01. The average Bonchev–Trinajstić information content (AvgIpc) is 2.28. The van der Waals surface area contributed by atoms with Gasteiger partial charge in [-0.1, -0.05) is 0 Å². The average molecular weight is 276 g/mol. The molecule has 0 saturated heterocycles. The molecule has 0 rings (SSSR count). The minimum absolute atomic E-state index is 1.99. The lowest BCUT2D eigenvalue weighted by molar-refractivity contribution is -0.167. The molecular formula is C5F8O4. The fraction of sp³-hybridized carbons (Fsp3) is 0. The van der Waals surface area contributed by atoms with E-state index in [1.165, 1.54) is 0 Å². The van der Waals surface area contributed by atoms with Crippen molar-refractivity contribution in [2.45, 2.75) is 0 Å². The molecule has 0 aromatic rings. The molecule has 0 saturated carbocycles. The molecular weight excluding hydrogens is 276 g/mol. The second kappa shape index (κ2) is 9.23. The van der Waals surface area contributed by atoms with Gasteiger partial charge in [0.1, 0.15) is 0 Å². The number of rotatable bonds is 2. The van der Waals surface area contributed by atoms with E-state index in [9.17, 15) is 35.4 Å². The van der Waals surface area contributed by atoms with Crippen LogP contribution in [0, 0.1) is 0 Å². The smallest absolute Gasteiger partial charge is 0.396 e. The number of carbonyl (C=O) groups excluding carboxylic acids is 1. The Kier molecular flexibility index (Phi) is 9.44. The largest absolute Gasteiger partial charge is 0.581 e. The summed E-state index contributed by atoms with van der Waals surface area (Å²) in [6.07, 6.45) is -8.02. The van der Waals surface area contributed by atoms with E-state index in [0.29, 0.717) is 0 Å². The normalized spacial score (nSPS) is 8.24. The van der Waals surface area contributed by atoms with Gasteiger partial charge in [0.25, 0.3) is 0 Å². The first kappa shape index (κ1) is 17.4. The summed E-state index contributed by atoms with van der Waals surface area (Å²) in [6.45, 7) is 0. The number of hydrogen-bond donors (Lipinski definition) is 0. The van der Waals surface area contributed by atoms with Crippen LogP contribution in [-0.2, 0) is 14.6 Å². The number of halogens is 8. The van der Waals surface area contributed by atoms with Crippen LogP contribution in [0.4, 0.5) is 40.2 Å². The summed E-state index contributed by atoms with van der Waals surface area (Å²) in [7, 11) is 0. The van der Waals surface area contributed by atoms with Crippen molar-refractivity contribution in [3.8, 4) is 0 Å². The van der Waals surface area contributed by atoms with Crippen LogP contribution in [0.1, 0.15) is 0 Å². The molecule has 100 valence electrons. The van der Waals surface area contributed by atoms with Crippen LogP contribution in [0.25, 0.3) is 0 Å². The molecule has 0 amide bonds. The maximum Gasteiger partial charge on any atom is 0.581 e. The summed E-state index contributed by atoms with van der Waals surface area (Å²) < 4.78 is 89.9. The molecule has 0 radical (unpaired) electrons. The summed E-state index contributed by atoms with van der Waals surface area (Å²) in [4.78, 5) is 13.3. The molecule has 0 aliphatic heterocycles. The Morgan fingerprint density at radius 1 is 0.706 bits per heavy atom. The number of hydrogen-bond acceptors (Lipinski definition) is 4. The van der Waals surface area contributed by atoms with Crippen molar-refractivity contribution >= 4 is 6.16 Å². The Bertz CT molecular complexity index is 277. The lowest BCUT2D eigenvalue weighted by atomic mass is 10.9. The third-order valence-corrected chi connectivity index (χ3v) is 0.602. The molecule has 0 unspecified atom stereocenters. The number of ether oxygens (including phenoxy) is 1. The molecule has 0 aliphatic rings. The fourth-order valence-corrected chi connectivity index (χ4v) is 0.168. The van der Waals surface area contributed by atoms with Crippen LogP contribution < -0.4 is 0 Å². The van der Waals surface area contributed by atoms with E-state index >= 15 is 0 Å². The first-order valence-electron chi connectivity index (χ1n) is 2.96. The quantitative estimate of drug-likeness (QED) is 0.565. The topological polar surface area (TPSA) is 44.8 Å². The molecule has 0 heterocycles. The lowest BCUT2D eigenvalue weighted by Gasteiger charge is -1.94. The van der Waals surface area contributed by atoms with Crippen LogP contribution in [0.15, 0.2) is 24.2 Å². The van der Waals surface area contributed by atoms with E-state index < -0.39 is 30.3 Å². The van der Waals surface area contributed by atoms with Gasteiger partial charge in [-0.25, -0.2) is 9.88 Å². The van der Waals surface area contributed by atoms with Gasteiger partial charge in [0.05, 0.1) is 0 Å². The summed E-state index contributed by atoms with van der Waals surface area (Å²) in [5.41, 5.74) is 0. The molecule has 0 aromatic carbocycles. The van der Waals surface area contributed by atoms with Crippen molar-refractivity contribution in [1.82, 2.24) is 0 Å². The molecule has 4 nitrogen and oxygen atoms in total. The first-order valence-corrected chi connectivity index (χ1v) is 2.96. The summed E-state index contributed by atoms with van der Waals surface area (Å²) >= 11 is 0. The Hall–Kier alpha value is -2.01. The van der Waals surface area contributed by atoms with Crippen molar-refractivity contribution in [3.05, 3.63) is 24.2 Å². The Morgan fingerprint density at radius 3 is 1.12 bits per heavy atom. The van der Waals surface area contributed by atoms with Gasteiger partial charge in [0.2, 0.25) is 0 Å². The molecule has 0 fully saturated rings. The predicted octanol–water partition coefficient (Wildman–Crippen LogP) is 3.98. The summed E-state index contributed by atoms with van der Waals surface area (Å²) in [5.74, 6) is 0. The SMILES string of the molecule is FC(F)=C(F)OC(F)=C(F)F.O=C(OF)OF.